The van der Waals surface area contributed by atoms with Gasteiger partial charge in [0.2, 0.25) is 0 Å². The average molecular weight is 468 g/mol. The Morgan fingerprint density at radius 3 is 2.55 bits per heavy atom. The summed E-state index contributed by atoms with van der Waals surface area (Å²) < 4.78 is 16.6. The van der Waals surface area contributed by atoms with Crippen LogP contribution in [0, 0.1) is 25.1 Å². The second kappa shape index (κ2) is 8.83. The van der Waals surface area contributed by atoms with Crippen molar-refractivity contribution >= 4 is 29.2 Å². The molecule has 1 N–H and O–H groups in total. The molecule has 2 aromatic carbocycles. The van der Waals surface area contributed by atoms with Gasteiger partial charge < -0.3 is 9.41 Å². The van der Waals surface area contributed by atoms with E-state index in [4.69, 9.17) is 0 Å². The molecular formula is C28H34FNO2S. The van der Waals surface area contributed by atoms with Crippen LogP contribution in [0.2, 0.25) is 0 Å². The minimum absolute atomic E-state index is 0.00526. The van der Waals surface area contributed by atoms with Gasteiger partial charge in [-0.2, -0.15) is 0 Å². The average Bonchev–Trinajstić information content (AvgIpc) is 2.76. The number of fused-ring (bicyclic) bond motifs is 3. The molecule has 2 aliphatic rings. The zero-order valence-corrected chi connectivity index (χ0v) is 21.3. The second-order valence-electron chi connectivity index (χ2n) is 10.2. The quantitative estimate of drug-likeness (QED) is 0.454. The Labute approximate surface area is 201 Å². The number of anilines is 1. The van der Waals surface area contributed by atoms with Crippen molar-refractivity contribution in [1.82, 2.24) is 0 Å². The third kappa shape index (κ3) is 4.09. The van der Waals surface area contributed by atoms with Crippen molar-refractivity contribution in [2.24, 2.45) is 5.41 Å². The van der Waals surface area contributed by atoms with Crippen LogP contribution in [0.5, 0.6) is 0 Å². The van der Waals surface area contributed by atoms with Crippen LogP contribution in [0.25, 0.3) is 16.7 Å². The maximum absolute atomic E-state index is 14.3. The molecule has 0 saturated heterocycles. The molecule has 0 aromatic heterocycles. The van der Waals surface area contributed by atoms with Crippen molar-refractivity contribution in [3.05, 3.63) is 57.9 Å². The van der Waals surface area contributed by atoms with Gasteiger partial charge in [0, 0.05) is 11.8 Å². The van der Waals surface area contributed by atoms with Crippen molar-refractivity contribution in [2.75, 3.05) is 10.6 Å². The lowest BCUT2D eigenvalue weighted by Gasteiger charge is -2.41. The molecule has 5 heteroatoms. The highest BCUT2D eigenvalue weighted by Crippen LogP contribution is 2.54. The highest BCUT2D eigenvalue weighted by molar-refractivity contribution is 8.00. The molecule has 0 amide bonds. The lowest BCUT2D eigenvalue weighted by atomic mass is 9.73. The van der Waals surface area contributed by atoms with E-state index in [1.807, 2.05) is 12.3 Å². The molecule has 4 rings (SSSR count). The van der Waals surface area contributed by atoms with E-state index in [-0.39, 0.29) is 23.7 Å². The van der Waals surface area contributed by atoms with Crippen LogP contribution in [0.1, 0.15) is 80.3 Å². The number of halogens is 1. The predicted octanol–water partition coefficient (Wildman–Crippen LogP) is 7.88. The summed E-state index contributed by atoms with van der Waals surface area (Å²) >= 11 is 1.63. The minimum Gasteiger partial charge on any atom is -0.481 e. The molecule has 0 bridgehead atoms. The van der Waals surface area contributed by atoms with Gasteiger partial charge in [-0.05, 0) is 96.0 Å². The molecule has 1 aliphatic carbocycles. The molecule has 0 spiro atoms. The first-order valence-corrected chi connectivity index (χ1v) is 13.0. The summed E-state index contributed by atoms with van der Waals surface area (Å²) in [5, 5.41) is 9.82. The summed E-state index contributed by atoms with van der Waals surface area (Å²) in [4.78, 5) is 12.0. The maximum Gasteiger partial charge on any atom is 0.307 e. The first-order chi connectivity index (χ1) is 15.6. The second-order valence-corrected chi connectivity index (χ2v) is 10.9. The van der Waals surface area contributed by atoms with E-state index in [2.05, 4.69) is 45.0 Å². The largest absolute Gasteiger partial charge is 0.481 e. The van der Waals surface area contributed by atoms with Crippen LogP contribution in [0.4, 0.5) is 10.1 Å². The van der Waals surface area contributed by atoms with Crippen LogP contribution in [-0.4, -0.2) is 17.3 Å². The summed E-state index contributed by atoms with van der Waals surface area (Å²) in [7, 11) is 0. The van der Waals surface area contributed by atoms with Gasteiger partial charge in [0.15, 0.2) is 0 Å². The Morgan fingerprint density at radius 1 is 1.24 bits per heavy atom. The fourth-order valence-corrected chi connectivity index (χ4v) is 6.61. The standard InChI is InChI=1S/C28H34FNO2S/c1-7-23-22-14-19(29)8-9-20(22)26-17(3)25(18-10-12-28(4,5)13-11-18)21(15-24(31)32)16(2)27(26)30(23)33-6/h8-10,14,23H,7,11-13,15H2,1-6H3,(H,31,32)/t23-/m1/s1. The lowest BCUT2D eigenvalue weighted by molar-refractivity contribution is -0.136. The van der Waals surface area contributed by atoms with E-state index in [0.717, 1.165) is 70.3 Å². The van der Waals surface area contributed by atoms with Crippen molar-refractivity contribution in [3.8, 4) is 11.1 Å². The van der Waals surface area contributed by atoms with E-state index >= 15 is 0 Å². The van der Waals surface area contributed by atoms with Crippen LogP contribution < -0.4 is 4.31 Å². The lowest BCUT2D eigenvalue weighted by Crippen LogP contribution is -2.28. The van der Waals surface area contributed by atoms with Crippen molar-refractivity contribution in [2.45, 2.75) is 72.8 Å². The molecule has 0 radical (unpaired) electrons. The summed E-state index contributed by atoms with van der Waals surface area (Å²) in [6, 6.07) is 5.17. The number of hydrogen-bond acceptors (Lipinski definition) is 3. The topological polar surface area (TPSA) is 40.5 Å². The molecule has 0 unspecified atom stereocenters. The van der Waals surface area contributed by atoms with Gasteiger partial charge in [0.1, 0.15) is 5.82 Å². The van der Waals surface area contributed by atoms with Crippen LogP contribution >= 0.6 is 11.9 Å². The van der Waals surface area contributed by atoms with Crippen LogP contribution in [-0.2, 0) is 11.2 Å². The zero-order chi connectivity index (χ0) is 24.1. The normalized spacial score (nSPS) is 19.1. The van der Waals surface area contributed by atoms with Crippen LogP contribution in [0.15, 0.2) is 24.3 Å². The summed E-state index contributed by atoms with van der Waals surface area (Å²) in [5.74, 6) is -1.03. The Bertz CT molecular complexity index is 1150. The van der Waals surface area contributed by atoms with Gasteiger partial charge in [-0.3, -0.25) is 4.79 Å². The van der Waals surface area contributed by atoms with E-state index in [1.54, 1.807) is 24.1 Å². The van der Waals surface area contributed by atoms with Gasteiger partial charge in [0.25, 0.3) is 0 Å². The van der Waals surface area contributed by atoms with Gasteiger partial charge in [-0.15, -0.1) is 0 Å². The van der Waals surface area contributed by atoms with Gasteiger partial charge >= 0.3 is 5.97 Å². The number of nitrogens with zero attached hydrogens (tertiary/aromatic N) is 1. The number of carboxylic acids is 1. The highest BCUT2D eigenvalue weighted by atomic mass is 32.2. The van der Waals surface area contributed by atoms with E-state index in [0.29, 0.717) is 0 Å². The van der Waals surface area contributed by atoms with E-state index in [9.17, 15) is 14.3 Å². The third-order valence-corrected chi connectivity index (χ3v) is 8.28. The molecule has 3 nitrogen and oxygen atoms in total. The van der Waals surface area contributed by atoms with Gasteiger partial charge in [0.05, 0.1) is 18.2 Å². The molecule has 0 saturated carbocycles. The number of rotatable bonds is 5. The molecule has 1 aliphatic heterocycles. The minimum atomic E-state index is -0.809. The SMILES string of the molecule is CC[C@@H]1c2cc(F)ccc2-c2c(C)c(C3=CCC(C)(C)CC3)c(CC(=O)O)c(C)c2N1SC. The maximum atomic E-state index is 14.3. The number of aliphatic carboxylic acids is 1. The fourth-order valence-electron chi connectivity index (χ4n) is 5.69. The third-order valence-electron chi connectivity index (χ3n) is 7.45. The molecule has 1 atom stereocenters. The van der Waals surface area contributed by atoms with E-state index < -0.39 is 5.97 Å². The monoisotopic (exact) mass is 467 g/mol. The number of hydrogen-bond donors (Lipinski definition) is 1. The summed E-state index contributed by atoms with van der Waals surface area (Å²) in [6.45, 7) is 10.9. The first-order valence-electron chi connectivity index (χ1n) is 11.8. The van der Waals surface area contributed by atoms with Crippen molar-refractivity contribution in [1.29, 1.82) is 0 Å². The molecule has 1 heterocycles. The fraction of sp³-hybridized carbons (Fsp3) is 0.464. The molecular weight excluding hydrogens is 433 g/mol. The highest BCUT2D eigenvalue weighted by Gasteiger charge is 2.36. The molecule has 0 fully saturated rings. The first kappa shape index (κ1) is 23.9. The van der Waals surface area contributed by atoms with Gasteiger partial charge in [-0.25, -0.2) is 4.39 Å². The molecule has 33 heavy (non-hydrogen) atoms. The smallest absolute Gasteiger partial charge is 0.307 e. The Hall–Kier alpha value is -2.27. The zero-order valence-electron chi connectivity index (χ0n) is 20.5. The Morgan fingerprint density at radius 2 is 1.97 bits per heavy atom. The molecule has 176 valence electrons. The summed E-state index contributed by atoms with van der Waals surface area (Å²) in [5.41, 5.74) is 9.97. The van der Waals surface area contributed by atoms with Crippen LogP contribution in [0.3, 0.4) is 0 Å². The predicted molar refractivity (Wildman–Crippen MR) is 137 cm³/mol. The number of carboxylic acid groups (broad SMARTS) is 1. The number of carbonyl (C=O) groups is 1. The number of benzene rings is 2. The Balaban J connectivity index is 2.07. The van der Waals surface area contributed by atoms with Crippen molar-refractivity contribution in [3.63, 3.8) is 0 Å². The molecule has 2 aromatic rings. The van der Waals surface area contributed by atoms with Gasteiger partial charge in [-0.1, -0.05) is 44.9 Å². The number of allylic oxidation sites excluding steroid dienone is 2. The Kier molecular flexibility index (Phi) is 6.38. The van der Waals surface area contributed by atoms with Crippen molar-refractivity contribution < 1.29 is 14.3 Å². The summed E-state index contributed by atoms with van der Waals surface area (Å²) in [6.07, 6.45) is 8.22. The van der Waals surface area contributed by atoms with E-state index in [1.165, 1.54) is 5.57 Å².